The fourth-order valence-electron chi connectivity index (χ4n) is 2.70. The first-order chi connectivity index (χ1) is 10.0. The van der Waals surface area contributed by atoms with E-state index >= 15 is 0 Å². The van der Waals surface area contributed by atoms with E-state index in [0.29, 0.717) is 11.1 Å². The average Bonchev–Trinajstić information content (AvgIpc) is 2.74. The summed E-state index contributed by atoms with van der Waals surface area (Å²) in [6.07, 6.45) is 0.462. The zero-order valence-electron chi connectivity index (χ0n) is 11.1. The van der Waals surface area contributed by atoms with Crippen molar-refractivity contribution < 1.29 is 18.8 Å². The molecule has 1 saturated heterocycles. The lowest BCUT2D eigenvalue weighted by Crippen LogP contribution is -2.52. The molecule has 0 aromatic heterocycles. The van der Waals surface area contributed by atoms with Crippen LogP contribution in [0, 0.1) is 5.82 Å². The molecule has 1 N–H and O–H groups in total. The maximum absolute atomic E-state index is 13.7. The normalized spacial score (nSPS) is 21.3. The summed E-state index contributed by atoms with van der Waals surface area (Å²) in [5.74, 6) is -1.74. The van der Waals surface area contributed by atoms with Crippen LogP contribution in [0.3, 0.4) is 0 Å². The zero-order valence-corrected chi connectivity index (χ0v) is 11.1. The molecule has 3 rings (SSSR count). The maximum Gasteiger partial charge on any atom is 0.255 e. The minimum absolute atomic E-state index is 0.00669. The SMILES string of the molecule is C=Nc1cc2c(cc1F)CN(C1CCC(=O)NC1=O)C2=O. The number of imide groups is 1. The van der Waals surface area contributed by atoms with Crippen molar-refractivity contribution in [1.82, 2.24) is 10.2 Å². The Morgan fingerprint density at radius 2 is 2.10 bits per heavy atom. The summed E-state index contributed by atoms with van der Waals surface area (Å²) in [5, 5.41) is 2.21. The van der Waals surface area contributed by atoms with E-state index in [9.17, 15) is 18.8 Å². The maximum atomic E-state index is 13.7. The lowest BCUT2D eigenvalue weighted by Gasteiger charge is -2.29. The highest BCUT2D eigenvalue weighted by molar-refractivity contribution is 6.05. The first kappa shape index (κ1) is 13.4. The number of carbonyl (C=O) groups is 3. The fourth-order valence-corrected chi connectivity index (χ4v) is 2.70. The molecule has 1 fully saturated rings. The molecule has 1 unspecified atom stereocenters. The molecule has 2 aliphatic rings. The van der Waals surface area contributed by atoms with Crippen LogP contribution in [0.1, 0.15) is 28.8 Å². The molecule has 2 aliphatic heterocycles. The quantitative estimate of drug-likeness (QED) is 0.649. The molecule has 7 heteroatoms. The van der Waals surface area contributed by atoms with Gasteiger partial charge in [0.2, 0.25) is 11.8 Å². The van der Waals surface area contributed by atoms with Crippen LogP contribution in [0.2, 0.25) is 0 Å². The van der Waals surface area contributed by atoms with E-state index in [0.717, 1.165) is 0 Å². The summed E-state index contributed by atoms with van der Waals surface area (Å²) in [5.41, 5.74) is 0.838. The lowest BCUT2D eigenvalue weighted by molar-refractivity contribution is -0.136. The number of amides is 3. The predicted molar refractivity (Wildman–Crippen MR) is 71.7 cm³/mol. The Bertz CT molecular complexity index is 686. The molecule has 6 nitrogen and oxygen atoms in total. The Morgan fingerprint density at radius 3 is 2.76 bits per heavy atom. The summed E-state index contributed by atoms with van der Waals surface area (Å²) in [7, 11) is 0. The van der Waals surface area contributed by atoms with Gasteiger partial charge < -0.3 is 4.90 Å². The van der Waals surface area contributed by atoms with E-state index in [1.54, 1.807) is 0 Å². The number of nitrogens with one attached hydrogen (secondary N) is 1. The Labute approximate surface area is 119 Å². The van der Waals surface area contributed by atoms with Gasteiger partial charge in [-0.25, -0.2) is 4.39 Å². The van der Waals surface area contributed by atoms with Crippen LogP contribution in [0.15, 0.2) is 17.1 Å². The number of halogens is 1. The second-order valence-corrected chi connectivity index (χ2v) is 5.02. The minimum Gasteiger partial charge on any atom is -0.322 e. The van der Waals surface area contributed by atoms with Gasteiger partial charge in [0.1, 0.15) is 11.9 Å². The van der Waals surface area contributed by atoms with Crippen LogP contribution in [0.4, 0.5) is 10.1 Å². The number of rotatable bonds is 2. The molecule has 0 aliphatic carbocycles. The van der Waals surface area contributed by atoms with E-state index in [1.807, 2.05) is 0 Å². The number of aliphatic imine (C=N–C) groups is 1. The third kappa shape index (κ3) is 2.10. The molecular formula is C14H12FN3O3. The van der Waals surface area contributed by atoms with Crippen LogP contribution in [0.25, 0.3) is 0 Å². The van der Waals surface area contributed by atoms with Gasteiger partial charge in [-0.3, -0.25) is 24.7 Å². The number of hydrogen-bond acceptors (Lipinski definition) is 4. The van der Waals surface area contributed by atoms with Crippen molar-refractivity contribution >= 4 is 30.1 Å². The van der Waals surface area contributed by atoms with E-state index in [2.05, 4.69) is 17.0 Å². The molecule has 3 amide bonds. The first-order valence-corrected chi connectivity index (χ1v) is 6.45. The van der Waals surface area contributed by atoms with Gasteiger partial charge in [0, 0.05) is 18.5 Å². The van der Waals surface area contributed by atoms with Gasteiger partial charge in [0.25, 0.3) is 5.91 Å². The molecule has 0 saturated carbocycles. The Hall–Kier alpha value is -2.57. The van der Waals surface area contributed by atoms with Crippen LogP contribution >= 0.6 is 0 Å². The summed E-state index contributed by atoms with van der Waals surface area (Å²) < 4.78 is 13.7. The summed E-state index contributed by atoms with van der Waals surface area (Å²) in [6, 6.07) is 1.88. The van der Waals surface area contributed by atoms with Crippen LogP contribution in [0.5, 0.6) is 0 Å². The van der Waals surface area contributed by atoms with E-state index < -0.39 is 17.8 Å². The summed E-state index contributed by atoms with van der Waals surface area (Å²) in [6.45, 7) is 3.40. The molecule has 0 radical (unpaired) electrons. The topological polar surface area (TPSA) is 78.8 Å². The summed E-state index contributed by atoms with van der Waals surface area (Å²) in [4.78, 5) is 40.3. The number of piperidine rings is 1. The van der Waals surface area contributed by atoms with Crippen molar-refractivity contribution in [2.24, 2.45) is 4.99 Å². The van der Waals surface area contributed by atoms with Crippen LogP contribution < -0.4 is 5.32 Å². The Balaban J connectivity index is 1.92. The van der Waals surface area contributed by atoms with E-state index in [-0.39, 0.29) is 36.9 Å². The largest absolute Gasteiger partial charge is 0.322 e. The highest BCUT2D eigenvalue weighted by Gasteiger charge is 2.39. The molecule has 0 spiro atoms. The van der Waals surface area contributed by atoms with Crippen molar-refractivity contribution in [2.45, 2.75) is 25.4 Å². The van der Waals surface area contributed by atoms with Crippen LogP contribution in [-0.4, -0.2) is 35.4 Å². The Kier molecular flexibility index (Phi) is 3.04. The minimum atomic E-state index is -0.703. The van der Waals surface area contributed by atoms with Gasteiger partial charge in [-0.1, -0.05) is 0 Å². The fraction of sp³-hybridized carbons (Fsp3) is 0.286. The molecule has 1 aromatic carbocycles. The first-order valence-electron chi connectivity index (χ1n) is 6.45. The van der Waals surface area contributed by atoms with Crippen molar-refractivity contribution in [1.29, 1.82) is 0 Å². The van der Waals surface area contributed by atoms with Gasteiger partial charge >= 0.3 is 0 Å². The highest BCUT2D eigenvalue weighted by Crippen LogP contribution is 2.31. The molecule has 1 aromatic rings. The second kappa shape index (κ2) is 4.76. The van der Waals surface area contributed by atoms with Crippen molar-refractivity contribution in [3.05, 3.63) is 29.1 Å². The number of carbonyl (C=O) groups excluding carboxylic acids is 3. The molecule has 21 heavy (non-hydrogen) atoms. The number of benzene rings is 1. The third-order valence-electron chi connectivity index (χ3n) is 3.76. The lowest BCUT2D eigenvalue weighted by atomic mass is 10.0. The van der Waals surface area contributed by atoms with E-state index in [4.69, 9.17) is 0 Å². The van der Waals surface area contributed by atoms with Gasteiger partial charge in [-0.05, 0) is 30.8 Å². The standard InChI is InChI=1S/C14H12FN3O3/c1-16-10-5-8-7(4-9(10)15)6-18(14(8)21)11-2-3-12(19)17-13(11)20/h4-5,11H,1-3,6H2,(H,17,19,20). The van der Waals surface area contributed by atoms with Gasteiger partial charge in [-0.2, -0.15) is 0 Å². The van der Waals surface area contributed by atoms with E-state index in [1.165, 1.54) is 17.0 Å². The molecule has 0 bridgehead atoms. The van der Waals surface area contributed by atoms with Gasteiger partial charge in [-0.15, -0.1) is 0 Å². The zero-order chi connectivity index (χ0) is 15.1. The van der Waals surface area contributed by atoms with Crippen molar-refractivity contribution in [3.63, 3.8) is 0 Å². The molecule has 108 valence electrons. The average molecular weight is 289 g/mol. The second-order valence-electron chi connectivity index (χ2n) is 5.02. The molecule has 2 heterocycles. The van der Waals surface area contributed by atoms with Gasteiger partial charge in [0.15, 0.2) is 0 Å². The molecule has 1 atom stereocenters. The molecular weight excluding hydrogens is 277 g/mol. The number of nitrogens with zero attached hydrogens (tertiary/aromatic N) is 2. The monoisotopic (exact) mass is 289 g/mol. The number of hydrogen-bond donors (Lipinski definition) is 1. The van der Waals surface area contributed by atoms with Crippen molar-refractivity contribution in [2.75, 3.05) is 0 Å². The summed E-state index contributed by atoms with van der Waals surface area (Å²) >= 11 is 0. The number of fused-ring (bicyclic) bond motifs is 1. The predicted octanol–water partition coefficient (Wildman–Crippen LogP) is 0.919. The van der Waals surface area contributed by atoms with Crippen LogP contribution in [-0.2, 0) is 16.1 Å². The smallest absolute Gasteiger partial charge is 0.255 e. The Morgan fingerprint density at radius 1 is 1.33 bits per heavy atom. The van der Waals surface area contributed by atoms with Crippen molar-refractivity contribution in [3.8, 4) is 0 Å². The highest BCUT2D eigenvalue weighted by atomic mass is 19.1. The third-order valence-corrected chi connectivity index (χ3v) is 3.76. The van der Waals surface area contributed by atoms with Gasteiger partial charge in [0.05, 0.1) is 5.69 Å².